The smallest absolute Gasteiger partial charge is 0.345 e. The Kier molecular flexibility index (Phi) is 5.12. The minimum absolute atomic E-state index is 0.428. The minimum atomic E-state index is -0.428. The molecule has 126 valence electrons. The number of benzene rings is 1. The van der Waals surface area contributed by atoms with E-state index in [1.807, 2.05) is 17.5 Å². The van der Waals surface area contributed by atoms with Crippen molar-refractivity contribution in [1.29, 1.82) is 0 Å². The normalized spacial score (nSPS) is 10.9. The maximum Gasteiger partial charge on any atom is 0.345 e. The summed E-state index contributed by atoms with van der Waals surface area (Å²) < 4.78 is 15.7. The van der Waals surface area contributed by atoms with Gasteiger partial charge in [-0.05, 0) is 18.6 Å². The van der Waals surface area contributed by atoms with Gasteiger partial charge in [-0.2, -0.15) is 0 Å². The van der Waals surface area contributed by atoms with Crippen molar-refractivity contribution < 1.29 is 13.9 Å². The van der Waals surface area contributed by atoms with Gasteiger partial charge in [-0.3, -0.25) is 0 Å². The monoisotopic (exact) mass is 346 g/mol. The van der Waals surface area contributed by atoms with Crippen LogP contribution in [0.3, 0.4) is 0 Å². The lowest BCUT2D eigenvalue weighted by atomic mass is 10.1. The standard InChI is InChI=1S/C17H18N2O4S/c1-21-8-4-7-18-17-19-13(10-24-17)12-9-11-5-3-6-14(22-2)15(11)23-16(12)20/h3,5-6,9-10H,4,7-8H2,1-2H3,(H,18,19). The van der Waals surface area contributed by atoms with Crippen LogP contribution in [0.15, 0.2) is 38.9 Å². The molecule has 0 aliphatic heterocycles. The summed E-state index contributed by atoms with van der Waals surface area (Å²) in [7, 11) is 3.22. The summed E-state index contributed by atoms with van der Waals surface area (Å²) in [5, 5.41) is 6.63. The number of para-hydroxylation sites is 1. The number of anilines is 1. The molecule has 7 heteroatoms. The van der Waals surface area contributed by atoms with E-state index in [0.717, 1.165) is 23.5 Å². The summed E-state index contributed by atoms with van der Waals surface area (Å²) in [4.78, 5) is 16.8. The summed E-state index contributed by atoms with van der Waals surface area (Å²) in [6.07, 6.45) is 0.892. The molecule has 6 nitrogen and oxygen atoms in total. The van der Waals surface area contributed by atoms with Crippen LogP contribution in [0.2, 0.25) is 0 Å². The van der Waals surface area contributed by atoms with Gasteiger partial charge in [0.25, 0.3) is 0 Å². The molecule has 1 N–H and O–H groups in total. The molecule has 0 aliphatic carbocycles. The third-order valence-electron chi connectivity index (χ3n) is 3.53. The molecule has 0 atom stereocenters. The predicted molar refractivity (Wildman–Crippen MR) is 95.1 cm³/mol. The van der Waals surface area contributed by atoms with Gasteiger partial charge in [-0.1, -0.05) is 12.1 Å². The molecule has 0 unspecified atom stereocenters. The molecular formula is C17H18N2O4S. The number of aromatic nitrogens is 1. The van der Waals surface area contributed by atoms with Crippen molar-refractivity contribution in [1.82, 2.24) is 4.98 Å². The van der Waals surface area contributed by atoms with Crippen LogP contribution in [0.25, 0.3) is 22.2 Å². The zero-order chi connectivity index (χ0) is 16.9. The van der Waals surface area contributed by atoms with Crippen molar-refractivity contribution >= 4 is 27.4 Å². The summed E-state index contributed by atoms with van der Waals surface area (Å²) >= 11 is 1.46. The minimum Gasteiger partial charge on any atom is -0.493 e. The first-order valence-corrected chi connectivity index (χ1v) is 8.40. The van der Waals surface area contributed by atoms with Gasteiger partial charge in [-0.25, -0.2) is 9.78 Å². The molecule has 2 heterocycles. The number of hydrogen-bond acceptors (Lipinski definition) is 7. The lowest BCUT2D eigenvalue weighted by molar-refractivity contribution is 0.198. The lowest BCUT2D eigenvalue weighted by Crippen LogP contribution is -2.05. The zero-order valence-corrected chi connectivity index (χ0v) is 14.3. The molecule has 24 heavy (non-hydrogen) atoms. The number of thiazole rings is 1. The lowest BCUT2D eigenvalue weighted by Gasteiger charge is -2.04. The van der Waals surface area contributed by atoms with Crippen molar-refractivity contribution in [3.05, 3.63) is 40.1 Å². The molecule has 0 saturated carbocycles. The fourth-order valence-corrected chi connectivity index (χ4v) is 3.09. The van der Waals surface area contributed by atoms with E-state index in [2.05, 4.69) is 10.3 Å². The second-order valence-corrected chi connectivity index (χ2v) is 6.00. The Morgan fingerprint density at radius 2 is 2.21 bits per heavy atom. The van der Waals surface area contributed by atoms with E-state index >= 15 is 0 Å². The van der Waals surface area contributed by atoms with Crippen LogP contribution in [-0.2, 0) is 4.74 Å². The van der Waals surface area contributed by atoms with E-state index in [0.29, 0.717) is 29.2 Å². The van der Waals surface area contributed by atoms with Gasteiger partial charge >= 0.3 is 5.63 Å². The molecule has 0 saturated heterocycles. The van der Waals surface area contributed by atoms with Crippen LogP contribution < -0.4 is 15.7 Å². The largest absolute Gasteiger partial charge is 0.493 e. The first-order valence-electron chi connectivity index (χ1n) is 7.52. The number of hydrogen-bond donors (Lipinski definition) is 1. The Morgan fingerprint density at radius 3 is 3.00 bits per heavy atom. The zero-order valence-electron chi connectivity index (χ0n) is 13.5. The fraction of sp³-hybridized carbons (Fsp3) is 0.294. The number of ether oxygens (including phenoxy) is 2. The Balaban J connectivity index is 1.88. The van der Waals surface area contributed by atoms with Crippen LogP contribution in [0.5, 0.6) is 5.75 Å². The van der Waals surface area contributed by atoms with Crippen molar-refractivity contribution in [3.63, 3.8) is 0 Å². The summed E-state index contributed by atoms with van der Waals surface area (Å²) in [6.45, 7) is 1.46. The van der Waals surface area contributed by atoms with Gasteiger partial charge in [0.2, 0.25) is 0 Å². The fourth-order valence-electron chi connectivity index (χ4n) is 2.35. The molecule has 3 aromatic rings. The quantitative estimate of drug-likeness (QED) is 0.522. The first-order chi connectivity index (χ1) is 11.7. The summed E-state index contributed by atoms with van der Waals surface area (Å²) in [5.41, 5.74) is 1.06. The maximum atomic E-state index is 12.3. The number of rotatable bonds is 7. The Labute approximate surface area is 143 Å². The molecule has 0 bridgehead atoms. The average Bonchev–Trinajstić information content (AvgIpc) is 3.06. The molecule has 1 aromatic carbocycles. The molecule has 3 rings (SSSR count). The molecule has 0 fully saturated rings. The van der Waals surface area contributed by atoms with E-state index in [9.17, 15) is 4.79 Å². The second kappa shape index (κ2) is 7.46. The Bertz CT molecular complexity index is 888. The van der Waals surface area contributed by atoms with Crippen LogP contribution in [0, 0.1) is 0 Å². The van der Waals surface area contributed by atoms with Crippen molar-refractivity contribution in [2.24, 2.45) is 0 Å². The van der Waals surface area contributed by atoms with Gasteiger partial charge < -0.3 is 19.2 Å². The highest BCUT2D eigenvalue weighted by Gasteiger charge is 2.13. The van der Waals surface area contributed by atoms with Gasteiger partial charge in [0.15, 0.2) is 16.5 Å². The number of fused-ring (bicyclic) bond motifs is 1. The van der Waals surface area contributed by atoms with E-state index in [4.69, 9.17) is 13.9 Å². The van der Waals surface area contributed by atoms with Gasteiger partial charge in [0.05, 0.1) is 18.4 Å². The summed E-state index contributed by atoms with van der Waals surface area (Å²) in [5.74, 6) is 0.537. The van der Waals surface area contributed by atoms with Crippen LogP contribution in [0.4, 0.5) is 5.13 Å². The highest BCUT2D eigenvalue weighted by atomic mass is 32.1. The van der Waals surface area contributed by atoms with Crippen LogP contribution in [-0.4, -0.2) is 32.4 Å². The van der Waals surface area contributed by atoms with E-state index < -0.39 is 5.63 Å². The third kappa shape index (κ3) is 3.42. The average molecular weight is 346 g/mol. The Hall–Kier alpha value is -2.38. The third-order valence-corrected chi connectivity index (χ3v) is 4.33. The topological polar surface area (TPSA) is 73.6 Å². The van der Waals surface area contributed by atoms with Gasteiger partial charge in [0.1, 0.15) is 0 Å². The highest BCUT2D eigenvalue weighted by Crippen LogP contribution is 2.28. The van der Waals surface area contributed by atoms with Crippen LogP contribution >= 0.6 is 11.3 Å². The SMILES string of the molecule is COCCCNc1nc(-c2cc3cccc(OC)c3oc2=O)cs1. The Morgan fingerprint density at radius 1 is 1.33 bits per heavy atom. The van der Waals surface area contributed by atoms with E-state index in [1.54, 1.807) is 26.4 Å². The van der Waals surface area contributed by atoms with Crippen LogP contribution in [0.1, 0.15) is 6.42 Å². The van der Waals surface area contributed by atoms with Gasteiger partial charge in [-0.15, -0.1) is 11.3 Å². The molecule has 0 aliphatic rings. The van der Waals surface area contributed by atoms with Gasteiger partial charge in [0, 0.05) is 31.0 Å². The number of nitrogens with zero attached hydrogens (tertiary/aromatic N) is 1. The molecule has 0 radical (unpaired) electrons. The number of nitrogens with one attached hydrogen (secondary N) is 1. The molecule has 2 aromatic heterocycles. The van der Waals surface area contributed by atoms with Crippen molar-refractivity contribution in [3.8, 4) is 17.0 Å². The molecule has 0 spiro atoms. The van der Waals surface area contributed by atoms with E-state index in [1.165, 1.54) is 11.3 Å². The second-order valence-electron chi connectivity index (χ2n) is 5.14. The molecule has 0 amide bonds. The van der Waals surface area contributed by atoms with Crippen molar-refractivity contribution in [2.45, 2.75) is 6.42 Å². The molecular weight excluding hydrogens is 328 g/mol. The first kappa shape index (κ1) is 16.5. The van der Waals surface area contributed by atoms with E-state index in [-0.39, 0.29) is 0 Å². The van der Waals surface area contributed by atoms with Crippen molar-refractivity contribution in [2.75, 3.05) is 32.7 Å². The summed E-state index contributed by atoms with van der Waals surface area (Å²) in [6, 6.07) is 7.28. The predicted octanol–water partition coefficient (Wildman–Crippen LogP) is 3.37. The maximum absolute atomic E-state index is 12.3. The number of methoxy groups -OCH3 is 2. The highest BCUT2D eigenvalue weighted by molar-refractivity contribution is 7.14.